The summed E-state index contributed by atoms with van der Waals surface area (Å²) in [5.41, 5.74) is 22.4. The second-order valence-electron chi connectivity index (χ2n) is 30.8. The zero-order chi connectivity index (χ0) is 94.8. The second kappa shape index (κ2) is 53.5. The topological polar surface area (TPSA) is 796 Å². The molecule has 0 aromatic carbocycles. The molecular weight excluding hydrogens is 1680 g/mol. The maximum atomic E-state index is 14.5. The van der Waals surface area contributed by atoms with Gasteiger partial charge in [-0.25, -0.2) is 0 Å². The highest BCUT2D eigenvalue weighted by molar-refractivity contribution is 5.95. The van der Waals surface area contributed by atoms with Crippen molar-refractivity contribution >= 4 is 94.6 Å². The van der Waals surface area contributed by atoms with Gasteiger partial charge in [-0.15, -0.1) is 0 Å². The lowest BCUT2D eigenvalue weighted by atomic mass is 9.92. The number of carboxylic acid groups (broad SMARTS) is 2. The summed E-state index contributed by atoms with van der Waals surface area (Å²) in [6.07, 6.45) is -34.0. The number of carbonyl (C=O) groups is 16. The molecule has 4 heterocycles. The number of ether oxygens (including phenoxy) is 10. The number of primary amides is 2. The largest absolute Gasteiger partial charge is 0.480 e. The molecule has 0 saturated carbocycles. The molecule has 4 aliphatic rings. The van der Waals surface area contributed by atoms with Gasteiger partial charge in [0.2, 0.25) is 82.7 Å². The third-order valence-electron chi connectivity index (χ3n) is 20.5. The summed E-state index contributed by atoms with van der Waals surface area (Å²) >= 11 is 0. The highest BCUT2D eigenvalue weighted by Gasteiger charge is 2.58. The van der Waals surface area contributed by atoms with E-state index in [2.05, 4.69) is 63.8 Å². The fourth-order valence-corrected chi connectivity index (χ4v) is 13.7. The quantitative estimate of drug-likeness (QED) is 0.0252. The first-order valence-electron chi connectivity index (χ1n) is 41.2. The third-order valence-corrected chi connectivity index (χ3v) is 20.5. The van der Waals surface area contributed by atoms with Crippen LogP contribution >= 0.6 is 0 Å². The average molecular weight is 1810 g/mol. The first-order valence-corrected chi connectivity index (χ1v) is 41.2. The van der Waals surface area contributed by atoms with E-state index in [0.717, 1.165) is 48.5 Å². The van der Waals surface area contributed by atoms with Crippen molar-refractivity contribution in [2.75, 3.05) is 46.1 Å². The molecule has 2 unspecified atom stereocenters. The Morgan fingerprint density at radius 1 is 0.365 bits per heavy atom. The minimum absolute atomic E-state index is 0.0251. The van der Waals surface area contributed by atoms with Gasteiger partial charge in [0.25, 0.3) is 0 Å². The van der Waals surface area contributed by atoms with Crippen molar-refractivity contribution in [3.8, 4) is 0 Å². The molecule has 29 N–H and O–H groups in total. The highest BCUT2D eigenvalue weighted by Crippen LogP contribution is 2.37. The number of carbonyl (C=O) groups excluding carboxylic acids is 14. The van der Waals surface area contributed by atoms with Gasteiger partial charge in [0.05, 0.1) is 26.4 Å². The molecule has 0 aliphatic carbocycles. The Kier molecular flexibility index (Phi) is 46.3. The van der Waals surface area contributed by atoms with Crippen molar-refractivity contribution in [2.45, 2.75) is 330 Å². The number of aliphatic hydroxyl groups excluding tert-OH is 7. The summed E-state index contributed by atoms with van der Waals surface area (Å²) in [4.78, 5) is 210. The minimum Gasteiger partial charge on any atom is -0.480 e. The van der Waals surface area contributed by atoms with Crippen molar-refractivity contribution in [2.24, 2.45) is 22.9 Å². The van der Waals surface area contributed by atoms with E-state index in [1.54, 1.807) is 6.92 Å². The molecule has 0 aromatic rings. The number of aliphatic hydroxyl groups is 7. The van der Waals surface area contributed by atoms with Crippen LogP contribution < -0.4 is 86.7 Å². The number of unbranched alkanes of at least 4 members (excludes halogenated alkanes) is 2. The number of amides is 14. The van der Waals surface area contributed by atoms with Crippen LogP contribution in [0.2, 0.25) is 0 Å². The zero-order valence-corrected chi connectivity index (χ0v) is 72.0. The number of hydrogen-bond donors (Lipinski definition) is 25. The van der Waals surface area contributed by atoms with Gasteiger partial charge < -0.3 is 180 Å². The van der Waals surface area contributed by atoms with Crippen LogP contribution in [-0.2, 0) is 124 Å². The lowest BCUT2D eigenvalue weighted by molar-refractivity contribution is -0.366. The Bertz CT molecular complexity index is 3640. The Morgan fingerprint density at radius 3 is 1.05 bits per heavy atom. The number of rotatable bonds is 53. The van der Waals surface area contributed by atoms with E-state index in [9.17, 15) is 123 Å². The Balaban J connectivity index is 1.71. The standard InChI is InChI=1S/C75H128N16O35/c1-12-25-117-72-50(84-36(8)96)55(103)57(45(27-93)121-72)125-75-53(87-39(11)99)61(119-35(7)67(110)81-31(3)65(108)91-41(63(79)106)20-22-49(101)89-43(18-14-16-24-77)69(112)83-33(5)71(115)116)59(47(29-95)123-75)126-73-51(85-37(9)97)56(104)58(46(28-94)122-73)124-74-52(86-38(10)98)60(54(102)44(26-92)120-74)118-34(6)66(109)80-30(2)64(107)90-40(62(78)105)19-21-48(100)88-42(17-13-15-23-76)68(111)82-32(4)70(113)114/h30-35,40-47,50-61,72-75,92-95,102-104H,12-29,76-77H2,1-11H3,(H2,78,105)(H2,79,106)(H,80,109)(H,81,110)(H,82,111)(H,83,112)(H,84,96)(H,85,97)(H,86,98)(H,87,99)(H,88,100)(H,89,101)(H,90,107)(H,91,108)(H,113,114)(H,115,116)/t30-,31-,32+,33+,34?,35?,40+,41+,42-,43-,44+,45+,46+,47+,50+,51+,52+,53+,54+,55+,56+,57+,58+,59+,60+,61+,72-,73-,74-,75-/m0/s1. The van der Waals surface area contributed by atoms with Gasteiger partial charge in [0.1, 0.15) is 158 Å². The maximum Gasteiger partial charge on any atom is 0.325 e. The predicted octanol–water partition coefficient (Wildman–Crippen LogP) is -12.0. The summed E-state index contributed by atoms with van der Waals surface area (Å²) in [6, 6.07) is -18.5. The van der Waals surface area contributed by atoms with Crippen molar-refractivity contribution in [1.82, 2.24) is 63.8 Å². The van der Waals surface area contributed by atoms with Crippen LogP contribution in [0.5, 0.6) is 0 Å². The van der Waals surface area contributed by atoms with Crippen molar-refractivity contribution in [3.63, 3.8) is 0 Å². The Morgan fingerprint density at radius 2 is 0.690 bits per heavy atom. The van der Waals surface area contributed by atoms with Gasteiger partial charge in [-0.1, -0.05) is 6.92 Å². The van der Waals surface area contributed by atoms with Gasteiger partial charge >= 0.3 is 11.9 Å². The lowest BCUT2D eigenvalue weighted by Gasteiger charge is -2.52. The number of nitrogens with two attached hydrogens (primary N) is 4. The SMILES string of the molecule is CCCO[C@H]1O[C@H](CO)[C@@H](O[C@@H]2O[C@H](CO)[C@@H](O[C@@H]3O[C@H](CO)[C@@H](O[C@@H]4O[C@H](CO)[C@@H](O)[C@H](OC(C)C(=O)N[C@@H](C)C(=O)N[C@H](CCC(=O)N[C@@H](CCCCN)C(=O)N[C@H](C)C(=O)O)C(N)=O)[C@H]4NC(C)=O)[C@H](O)[C@H]3NC(C)=O)[C@H](OC(C)C(=O)N[C@@H](C)C(=O)N[C@H](CCC(=O)N[C@@H](CCCCN)C(=O)N[C@H](C)C(=O)O)C(N)=O)[C@H]2NC(C)=O)[C@H](O)[C@H]1NC(C)=O. The molecule has 126 heavy (non-hydrogen) atoms. The van der Waals surface area contributed by atoms with Crippen LogP contribution in [-0.4, -0.2) is 370 Å². The van der Waals surface area contributed by atoms with Crippen molar-refractivity contribution < 1.29 is 170 Å². The highest BCUT2D eigenvalue weighted by atomic mass is 16.8. The van der Waals surface area contributed by atoms with E-state index in [1.807, 2.05) is 0 Å². The van der Waals surface area contributed by atoms with Gasteiger partial charge in [-0.2, -0.15) is 0 Å². The number of nitrogens with one attached hydrogen (secondary N) is 12. The monoisotopic (exact) mass is 1810 g/mol. The summed E-state index contributed by atoms with van der Waals surface area (Å²) < 4.78 is 62.3. The molecule has 30 atom stereocenters. The molecule has 0 bridgehead atoms. The number of carboxylic acids is 2. The van der Waals surface area contributed by atoms with Crippen LogP contribution in [0.1, 0.15) is 147 Å². The van der Waals surface area contributed by atoms with Gasteiger partial charge in [-0.05, 0) is 112 Å². The smallest absolute Gasteiger partial charge is 0.325 e. The molecular formula is C75H128N16O35. The minimum atomic E-state index is -2.22. The maximum absolute atomic E-state index is 14.5. The molecule has 4 saturated heterocycles. The van der Waals surface area contributed by atoms with Gasteiger partial charge in [0, 0.05) is 47.1 Å². The molecule has 51 nitrogen and oxygen atoms in total. The summed E-state index contributed by atoms with van der Waals surface area (Å²) in [5.74, 6) is -16.1. The lowest BCUT2D eigenvalue weighted by Crippen LogP contribution is -2.72. The molecule has 51 heteroatoms. The van der Waals surface area contributed by atoms with Gasteiger partial charge in [0.15, 0.2) is 25.2 Å². The molecule has 0 aromatic heterocycles. The first kappa shape index (κ1) is 109. The Hall–Kier alpha value is -9.24. The molecule has 14 amide bonds. The summed E-state index contributed by atoms with van der Waals surface area (Å²) in [5, 5.41) is 128. The van der Waals surface area contributed by atoms with Crippen LogP contribution in [0.3, 0.4) is 0 Å². The van der Waals surface area contributed by atoms with E-state index in [4.69, 9.17) is 70.3 Å². The molecule has 4 fully saturated rings. The van der Waals surface area contributed by atoms with E-state index < -0.39 is 330 Å². The molecule has 0 spiro atoms. The van der Waals surface area contributed by atoms with Crippen LogP contribution in [0, 0.1) is 0 Å². The summed E-state index contributed by atoms with van der Waals surface area (Å²) in [7, 11) is 0. The fourth-order valence-electron chi connectivity index (χ4n) is 13.7. The van der Waals surface area contributed by atoms with E-state index in [1.165, 1.54) is 20.8 Å². The molecule has 718 valence electrons. The normalized spacial score (nSPS) is 28.3. The molecule has 4 aliphatic heterocycles. The van der Waals surface area contributed by atoms with E-state index in [0.29, 0.717) is 32.1 Å². The van der Waals surface area contributed by atoms with Crippen molar-refractivity contribution in [1.29, 1.82) is 0 Å². The van der Waals surface area contributed by atoms with Crippen LogP contribution in [0.25, 0.3) is 0 Å². The van der Waals surface area contributed by atoms with Gasteiger partial charge in [-0.3, -0.25) is 76.7 Å². The van der Waals surface area contributed by atoms with Crippen LogP contribution in [0.15, 0.2) is 0 Å². The molecule has 0 radical (unpaired) electrons. The van der Waals surface area contributed by atoms with Crippen molar-refractivity contribution in [3.05, 3.63) is 0 Å². The predicted molar refractivity (Wildman–Crippen MR) is 427 cm³/mol. The second-order valence-corrected chi connectivity index (χ2v) is 30.8. The number of hydrogen-bond acceptors (Lipinski definition) is 35. The first-order chi connectivity index (χ1) is 59.3. The average Bonchev–Trinajstić information content (AvgIpc) is 0.760. The zero-order valence-electron chi connectivity index (χ0n) is 72.0. The van der Waals surface area contributed by atoms with E-state index >= 15 is 0 Å². The van der Waals surface area contributed by atoms with E-state index in [-0.39, 0.29) is 32.5 Å². The number of aliphatic carboxylic acids is 2. The van der Waals surface area contributed by atoms with Crippen LogP contribution in [0.4, 0.5) is 0 Å². The Labute approximate surface area is 725 Å². The summed E-state index contributed by atoms with van der Waals surface area (Å²) in [6.45, 7) is 8.94. The third kappa shape index (κ3) is 33.4. The fraction of sp³-hybridized carbons (Fsp3) is 0.787. The molecule has 4 rings (SSSR count).